The molecule has 0 bridgehead atoms. The molecular weight excluding hydrogens is 297 g/mol. The van der Waals surface area contributed by atoms with E-state index in [9.17, 15) is 14.0 Å². The van der Waals surface area contributed by atoms with Crippen molar-refractivity contribution in [1.29, 1.82) is 0 Å². The lowest BCUT2D eigenvalue weighted by Crippen LogP contribution is -2.33. The third-order valence-electron chi connectivity index (χ3n) is 2.51. The van der Waals surface area contributed by atoms with E-state index >= 15 is 0 Å². The van der Waals surface area contributed by atoms with Crippen LogP contribution in [0, 0.1) is 5.82 Å². The van der Waals surface area contributed by atoms with Crippen molar-refractivity contribution in [2.45, 2.75) is 0 Å². The fourth-order valence-electron chi connectivity index (χ4n) is 1.54. The monoisotopic (exact) mass is 307 g/mol. The minimum atomic E-state index is -0.548. The van der Waals surface area contributed by atoms with Gasteiger partial charge in [-0.25, -0.2) is 4.39 Å². The Morgan fingerprint density at radius 1 is 1.24 bits per heavy atom. The Hall–Kier alpha value is -2.47. The van der Waals surface area contributed by atoms with Crippen LogP contribution >= 0.6 is 11.6 Å². The molecule has 1 heterocycles. The number of benzene rings is 1. The van der Waals surface area contributed by atoms with Crippen LogP contribution in [-0.4, -0.2) is 23.3 Å². The predicted molar refractivity (Wildman–Crippen MR) is 76.6 cm³/mol. The van der Waals surface area contributed by atoms with Crippen molar-refractivity contribution < 1.29 is 14.0 Å². The van der Waals surface area contributed by atoms with Crippen LogP contribution in [0.15, 0.2) is 42.6 Å². The maximum Gasteiger partial charge on any atom is 0.270 e. The second-order valence-corrected chi connectivity index (χ2v) is 4.51. The number of nitrogens with zero attached hydrogens (tertiary/aromatic N) is 1. The summed E-state index contributed by atoms with van der Waals surface area (Å²) >= 11 is 5.74. The number of amides is 2. The number of hydrogen-bond acceptors (Lipinski definition) is 3. The van der Waals surface area contributed by atoms with Gasteiger partial charge in [0.25, 0.3) is 5.91 Å². The van der Waals surface area contributed by atoms with Gasteiger partial charge in [0.15, 0.2) is 0 Å². The lowest BCUT2D eigenvalue weighted by molar-refractivity contribution is -0.115. The second kappa shape index (κ2) is 6.81. The van der Waals surface area contributed by atoms with Crippen molar-refractivity contribution in [3.8, 4) is 0 Å². The number of nitrogens with one attached hydrogen (secondary N) is 2. The number of para-hydroxylation sites is 1. The summed E-state index contributed by atoms with van der Waals surface area (Å²) in [5.74, 6) is -1.63. The molecule has 0 saturated carbocycles. The molecule has 0 fully saturated rings. The largest absolute Gasteiger partial charge is 0.342 e. The van der Waals surface area contributed by atoms with Gasteiger partial charge in [0.05, 0.1) is 12.2 Å². The molecule has 0 saturated heterocycles. The highest BCUT2D eigenvalue weighted by Gasteiger charge is 2.11. The van der Waals surface area contributed by atoms with Gasteiger partial charge >= 0.3 is 0 Å². The SMILES string of the molecule is O=C(CNC(=O)c1cc(Cl)ccn1)Nc1ccccc1F. The van der Waals surface area contributed by atoms with E-state index in [4.69, 9.17) is 11.6 Å². The Kier molecular flexibility index (Phi) is 4.84. The number of hydrogen-bond donors (Lipinski definition) is 2. The van der Waals surface area contributed by atoms with Gasteiger partial charge in [-0.3, -0.25) is 14.6 Å². The molecule has 1 aromatic heterocycles. The van der Waals surface area contributed by atoms with Crippen molar-refractivity contribution in [3.63, 3.8) is 0 Å². The standard InChI is InChI=1S/C14H11ClFN3O2/c15-9-5-6-17-12(7-9)14(21)18-8-13(20)19-11-4-2-1-3-10(11)16/h1-7H,8H2,(H,18,21)(H,19,20). The molecule has 2 rings (SSSR count). The van der Waals surface area contributed by atoms with Gasteiger partial charge in [-0.2, -0.15) is 0 Å². The number of pyridine rings is 1. The van der Waals surface area contributed by atoms with Gasteiger partial charge in [0.2, 0.25) is 5.91 Å². The quantitative estimate of drug-likeness (QED) is 0.910. The van der Waals surface area contributed by atoms with E-state index in [-0.39, 0.29) is 17.9 Å². The summed E-state index contributed by atoms with van der Waals surface area (Å²) in [6, 6.07) is 8.66. The summed E-state index contributed by atoms with van der Waals surface area (Å²) in [5, 5.41) is 5.09. The highest BCUT2D eigenvalue weighted by Crippen LogP contribution is 2.12. The van der Waals surface area contributed by atoms with Crippen LogP contribution in [0.3, 0.4) is 0 Å². The van der Waals surface area contributed by atoms with Crippen LogP contribution in [0.5, 0.6) is 0 Å². The van der Waals surface area contributed by atoms with Gasteiger partial charge in [0, 0.05) is 11.2 Å². The Morgan fingerprint density at radius 3 is 2.71 bits per heavy atom. The van der Waals surface area contributed by atoms with Gasteiger partial charge in [-0.05, 0) is 24.3 Å². The van der Waals surface area contributed by atoms with Gasteiger partial charge in [-0.1, -0.05) is 23.7 Å². The lowest BCUT2D eigenvalue weighted by atomic mass is 10.3. The first kappa shape index (κ1) is 14.9. The summed E-state index contributed by atoms with van der Waals surface area (Å²) in [6.45, 7) is -0.304. The molecule has 0 atom stereocenters. The van der Waals surface area contributed by atoms with Crippen molar-refractivity contribution >= 4 is 29.1 Å². The molecule has 7 heteroatoms. The first-order valence-electron chi connectivity index (χ1n) is 6.00. The maximum absolute atomic E-state index is 13.3. The molecular formula is C14H11ClFN3O2. The van der Waals surface area contributed by atoms with Crippen LogP contribution in [0.1, 0.15) is 10.5 Å². The van der Waals surface area contributed by atoms with E-state index < -0.39 is 17.6 Å². The molecule has 0 radical (unpaired) electrons. The average molecular weight is 308 g/mol. The molecule has 1 aromatic carbocycles. The van der Waals surface area contributed by atoms with E-state index in [0.29, 0.717) is 5.02 Å². The van der Waals surface area contributed by atoms with Crippen molar-refractivity contribution in [1.82, 2.24) is 10.3 Å². The zero-order valence-electron chi connectivity index (χ0n) is 10.8. The summed E-state index contributed by atoms with van der Waals surface area (Å²) in [7, 11) is 0. The van der Waals surface area contributed by atoms with Crippen LogP contribution in [0.4, 0.5) is 10.1 Å². The van der Waals surface area contributed by atoms with E-state index in [2.05, 4.69) is 15.6 Å². The van der Waals surface area contributed by atoms with E-state index in [0.717, 1.165) is 0 Å². The number of carbonyl (C=O) groups excluding carboxylic acids is 2. The van der Waals surface area contributed by atoms with Gasteiger partial charge < -0.3 is 10.6 Å². The molecule has 5 nitrogen and oxygen atoms in total. The molecule has 2 aromatic rings. The van der Waals surface area contributed by atoms with Crippen molar-refractivity contribution in [3.05, 3.63) is 59.1 Å². The summed E-state index contributed by atoms with van der Waals surface area (Å²) < 4.78 is 13.3. The summed E-state index contributed by atoms with van der Waals surface area (Å²) in [5.41, 5.74) is 0.152. The Bertz CT molecular complexity index is 679. The average Bonchev–Trinajstić information content (AvgIpc) is 2.47. The van der Waals surface area contributed by atoms with Crippen molar-refractivity contribution in [2.75, 3.05) is 11.9 Å². The van der Waals surface area contributed by atoms with Crippen LogP contribution in [-0.2, 0) is 4.79 Å². The molecule has 0 unspecified atom stereocenters. The normalized spacial score (nSPS) is 10.0. The molecule has 0 aliphatic carbocycles. The number of anilines is 1. The number of aromatic nitrogens is 1. The smallest absolute Gasteiger partial charge is 0.270 e. The molecule has 21 heavy (non-hydrogen) atoms. The zero-order chi connectivity index (χ0) is 15.2. The lowest BCUT2D eigenvalue weighted by Gasteiger charge is -2.07. The van der Waals surface area contributed by atoms with Crippen LogP contribution in [0.25, 0.3) is 0 Å². The molecule has 0 aliphatic heterocycles. The molecule has 108 valence electrons. The predicted octanol–water partition coefficient (Wildman–Crippen LogP) is 2.24. The Morgan fingerprint density at radius 2 is 2.00 bits per heavy atom. The number of halogens is 2. The summed E-state index contributed by atoms with van der Waals surface area (Å²) in [6.07, 6.45) is 1.39. The molecule has 2 N–H and O–H groups in total. The fourth-order valence-corrected chi connectivity index (χ4v) is 1.70. The van der Waals surface area contributed by atoms with E-state index in [1.807, 2.05) is 0 Å². The van der Waals surface area contributed by atoms with E-state index in [1.54, 1.807) is 6.07 Å². The maximum atomic E-state index is 13.3. The highest BCUT2D eigenvalue weighted by molar-refractivity contribution is 6.30. The second-order valence-electron chi connectivity index (χ2n) is 4.07. The minimum absolute atomic E-state index is 0.0534. The third kappa shape index (κ3) is 4.25. The van der Waals surface area contributed by atoms with Gasteiger partial charge in [0.1, 0.15) is 11.5 Å². The van der Waals surface area contributed by atoms with Crippen LogP contribution < -0.4 is 10.6 Å². The zero-order valence-corrected chi connectivity index (χ0v) is 11.5. The van der Waals surface area contributed by atoms with Gasteiger partial charge in [-0.15, -0.1) is 0 Å². The number of rotatable bonds is 4. The van der Waals surface area contributed by atoms with E-state index in [1.165, 1.54) is 36.5 Å². The Balaban J connectivity index is 1.90. The first-order chi connectivity index (χ1) is 10.1. The summed E-state index contributed by atoms with van der Waals surface area (Å²) in [4.78, 5) is 27.2. The topological polar surface area (TPSA) is 71.1 Å². The molecule has 2 amide bonds. The first-order valence-corrected chi connectivity index (χ1v) is 6.38. The Labute approximate surface area is 125 Å². The van der Waals surface area contributed by atoms with Crippen molar-refractivity contribution in [2.24, 2.45) is 0 Å². The minimum Gasteiger partial charge on any atom is -0.342 e. The fraction of sp³-hybridized carbons (Fsp3) is 0.0714. The number of carbonyl (C=O) groups is 2. The highest BCUT2D eigenvalue weighted by atomic mass is 35.5. The third-order valence-corrected chi connectivity index (χ3v) is 2.75. The van der Waals surface area contributed by atoms with Crippen LogP contribution in [0.2, 0.25) is 5.02 Å². The molecule has 0 spiro atoms. The molecule has 0 aliphatic rings.